The lowest BCUT2D eigenvalue weighted by Gasteiger charge is -2.46. The second kappa shape index (κ2) is 7.40. The van der Waals surface area contributed by atoms with Crippen molar-refractivity contribution >= 4 is 5.91 Å². The number of piperidine rings is 1. The number of amides is 1. The molecule has 2 N–H and O–H groups in total. The number of carbonyl (C=O) groups excluding carboxylic acids is 1. The van der Waals surface area contributed by atoms with Gasteiger partial charge in [0.1, 0.15) is 0 Å². The molecule has 1 atom stereocenters. The Morgan fingerprint density at radius 2 is 1.83 bits per heavy atom. The summed E-state index contributed by atoms with van der Waals surface area (Å²) in [6, 6.07) is 10.3. The summed E-state index contributed by atoms with van der Waals surface area (Å²) in [7, 11) is 0. The van der Waals surface area contributed by atoms with Crippen molar-refractivity contribution in [3.8, 4) is 12.3 Å². The van der Waals surface area contributed by atoms with E-state index >= 15 is 0 Å². The maximum atomic E-state index is 12.6. The van der Waals surface area contributed by atoms with Crippen molar-refractivity contribution in [2.45, 2.75) is 76.4 Å². The molecular formula is C21H30N2O. The van der Waals surface area contributed by atoms with Crippen LogP contribution >= 0.6 is 0 Å². The lowest BCUT2D eigenvalue weighted by atomic mass is 9.79. The zero-order chi connectivity index (χ0) is 17.8. The quantitative estimate of drug-likeness (QED) is 0.812. The smallest absolute Gasteiger partial charge is 0.220 e. The van der Waals surface area contributed by atoms with E-state index in [-0.39, 0.29) is 28.9 Å². The lowest BCUT2D eigenvalue weighted by Crippen LogP contribution is -2.62. The van der Waals surface area contributed by atoms with Gasteiger partial charge < -0.3 is 10.6 Å². The van der Waals surface area contributed by atoms with Gasteiger partial charge >= 0.3 is 0 Å². The van der Waals surface area contributed by atoms with E-state index in [0.29, 0.717) is 12.8 Å². The summed E-state index contributed by atoms with van der Waals surface area (Å²) in [4.78, 5) is 12.6. The molecule has 1 aromatic carbocycles. The van der Waals surface area contributed by atoms with Crippen LogP contribution in [0.5, 0.6) is 0 Å². The maximum absolute atomic E-state index is 12.6. The average molecular weight is 326 g/mol. The minimum Gasteiger partial charge on any atom is -0.353 e. The molecule has 1 fully saturated rings. The predicted octanol–water partition coefficient (Wildman–Crippen LogP) is 3.61. The van der Waals surface area contributed by atoms with Crippen LogP contribution in [0.3, 0.4) is 0 Å². The van der Waals surface area contributed by atoms with E-state index < -0.39 is 0 Å². The summed E-state index contributed by atoms with van der Waals surface area (Å²) >= 11 is 0. The van der Waals surface area contributed by atoms with Crippen LogP contribution in [0.25, 0.3) is 0 Å². The van der Waals surface area contributed by atoms with Crippen LogP contribution in [0.15, 0.2) is 30.3 Å². The molecule has 1 amide bonds. The second-order valence-electron chi connectivity index (χ2n) is 8.29. The van der Waals surface area contributed by atoms with Crippen LogP contribution in [-0.2, 0) is 4.79 Å². The SMILES string of the molecule is C#CCC(CC(=O)NC1CC(C)(C)NC(C)(C)C1)c1ccccc1. The predicted molar refractivity (Wildman–Crippen MR) is 99.7 cm³/mol. The Kier molecular flexibility index (Phi) is 5.72. The van der Waals surface area contributed by atoms with Gasteiger partial charge in [-0.05, 0) is 46.1 Å². The number of benzene rings is 1. The van der Waals surface area contributed by atoms with Gasteiger partial charge in [0.05, 0.1) is 0 Å². The molecule has 1 aliphatic heterocycles. The molecule has 0 saturated carbocycles. The summed E-state index contributed by atoms with van der Waals surface area (Å²) in [5, 5.41) is 6.89. The standard InChI is InChI=1S/C21H30N2O/c1-6-10-17(16-11-8-7-9-12-16)13-19(24)22-18-14-20(2,3)23-21(4,5)15-18/h1,7-9,11-12,17-18,23H,10,13-15H2,2-5H3,(H,22,24). The van der Waals surface area contributed by atoms with Crippen molar-refractivity contribution in [2.24, 2.45) is 0 Å². The van der Waals surface area contributed by atoms with Gasteiger partial charge in [0.15, 0.2) is 0 Å². The van der Waals surface area contributed by atoms with E-state index in [0.717, 1.165) is 18.4 Å². The number of rotatable bonds is 5. The monoisotopic (exact) mass is 326 g/mol. The topological polar surface area (TPSA) is 41.1 Å². The Hall–Kier alpha value is -1.79. The van der Waals surface area contributed by atoms with Gasteiger partial charge in [0.2, 0.25) is 5.91 Å². The van der Waals surface area contributed by atoms with Gasteiger partial charge in [-0.25, -0.2) is 0 Å². The molecule has 130 valence electrons. The Morgan fingerprint density at radius 3 is 2.38 bits per heavy atom. The maximum Gasteiger partial charge on any atom is 0.220 e. The molecule has 0 radical (unpaired) electrons. The van der Waals surface area contributed by atoms with Crippen LogP contribution < -0.4 is 10.6 Å². The van der Waals surface area contributed by atoms with E-state index in [1.54, 1.807) is 0 Å². The Bertz CT molecular complexity index is 582. The molecule has 3 nitrogen and oxygen atoms in total. The van der Waals surface area contributed by atoms with Crippen molar-refractivity contribution in [1.29, 1.82) is 0 Å². The van der Waals surface area contributed by atoms with Gasteiger partial charge in [-0.1, -0.05) is 30.3 Å². The highest BCUT2D eigenvalue weighted by Gasteiger charge is 2.38. The van der Waals surface area contributed by atoms with Crippen molar-refractivity contribution in [1.82, 2.24) is 10.6 Å². The summed E-state index contributed by atoms with van der Waals surface area (Å²) in [5.41, 5.74) is 1.19. The van der Waals surface area contributed by atoms with Gasteiger partial charge in [-0.2, -0.15) is 0 Å². The Labute approximate surface area is 146 Å². The summed E-state index contributed by atoms with van der Waals surface area (Å²) in [6.45, 7) is 8.77. The minimum atomic E-state index is 0.0251. The van der Waals surface area contributed by atoms with Crippen LogP contribution in [-0.4, -0.2) is 23.0 Å². The third-order valence-corrected chi connectivity index (χ3v) is 4.62. The first-order chi connectivity index (χ1) is 11.2. The van der Waals surface area contributed by atoms with Crippen LogP contribution in [0.1, 0.15) is 64.9 Å². The van der Waals surface area contributed by atoms with Gasteiger partial charge in [0, 0.05) is 35.9 Å². The summed E-state index contributed by atoms with van der Waals surface area (Å²) < 4.78 is 0. The molecule has 0 spiro atoms. The molecule has 3 heteroatoms. The van der Waals surface area contributed by atoms with E-state index in [4.69, 9.17) is 6.42 Å². The Balaban J connectivity index is 2.00. The molecule has 2 rings (SSSR count). The van der Waals surface area contributed by atoms with Crippen molar-refractivity contribution in [2.75, 3.05) is 0 Å². The summed E-state index contributed by atoms with van der Waals surface area (Å²) in [5.74, 6) is 2.89. The summed E-state index contributed by atoms with van der Waals surface area (Å²) in [6.07, 6.45) is 8.41. The third kappa shape index (κ3) is 5.39. The zero-order valence-electron chi connectivity index (χ0n) is 15.4. The van der Waals surface area contributed by atoms with E-state index in [1.807, 2.05) is 30.3 Å². The number of nitrogens with one attached hydrogen (secondary N) is 2. The van der Waals surface area contributed by atoms with Crippen molar-refractivity contribution < 1.29 is 4.79 Å². The van der Waals surface area contributed by atoms with Crippen molar-refractivity contribution in [3.05, 3.63) is 35.9 Å². The molecule has 1 heterocycles. The molecule has 1 aromatic rings. The van der Waals surface area contributed by atoms with Gasteiger partial charge in [0.25, 0.3) is 0 Å². The molecule has 1 saturated heterocycles. The molecule has 24 heavy (non-hydrogen) atoms. The largest absolute Gasteiger partial charge is 0.353 e. The Morgan fingerprint density at radius 1 is 1.25 bits per heavy atom. The fourth-order valence-corrected chi connectivity index (χ4v) is 4.11. The van der Waals surface area contributed by atoms with Crippen LogP contribution in [0.2, 0.25) is 0 Å². The van der Waals surface area contributed by atoms with Crippen LogP contribution in [0, 0.1) is 12.3 Å². The fourth-order valence-electron chi connectivity index (χ4n) is 4.11. The van der Waals surface area contributed by atoms with Gasteiger partial charge in [-0.15, -0.1) is 12.3 Å². The van der Waals surface area contributed by atoms with E-state index in [2.05, 4.69) is 44.2 Å². The van der Waals surface area contributed by atoms with Gasteiger partial charge in [-0.3, -0.25) is 4.79 Å². The number of hydrogen-bond donors (Lipinski definition) is 2. The number of terminal acetylenes is 1. The van der Waals surface area contributed by atoms with Crippen LogP contribution in [0.4, 0.5) is 0 Å². The number of carbonyl (C=O) groups is 1. The highest BCUT2D eigenvalue weighted by Crippen LogP contribution is 2.29. The molecule has 0 aromatic heterocycles. The molecule has 1 unspecified atom stereocenters. The highest BCUT2D eigenvalue weighted by atomic mass is 16.1. The minimum absolute atomic E-state index is 0.0251. The zero-order valence-corrected chi connectivity index (χ0v) is 15.4. The fraction of sp³-hybridized carbons (Fsp3) is 0.571. The lowest BCUT2D eigenvalue weighted by molar-refractivity contribution is -0.122. The first-order valence-corrected chi connectivity index (χ1v) is 8.78. The first-order valence-electron chi connectivity index (χ1n) is 8.78. The molecule has 0 bridgehead atoms. The van der Waals surface area contributed by atoms with E-state index in [1.165, 1.54) is 0 Å². The molecule has 0 aliphatic carbocycles. The highest BCUT2D eigenvalue weighted by molar-refractivity contribution is 5.77. The van der Waals surface area contributed by atoms with Crippen molar-refractivity contribution in [3.63, 3.8) is 0 Å². The second-order valence-corrected chi connectivity index (χ2v) is 8.29. The first kappa shape index (κ1) is 18.5. The normalized spacial score (nSPS) is 20.8. The third-order valence-electron chi connectivity index (χ3n) is 4.62. The van der Waals surface area contributed by atoms with E-state index in [9.17, 15) is 4.79 Å². The average Bonchev–Trinajstić information content (AvgIpc) is 2.44. The molecular weight excluding hydrogens is 296 g/mol. The number of hydrogen-bond acceptors (Lipinski definition) is 2. The molecule has 1 aliphatic rings.